The standard InChI is InChI=1S/C18H22N2O2.ClH/c1-13(21)20-18-6-2-4-14-12-15(7-8-17(14)18)19-10-9-16-5-3-11-22-16;/h2-6,11,15,19H,7-10,12H2,1H3,(H,20,21);1H. The van der Waals surface area contributed by atoms with Crippen LogP contribution in [0.2, 0.25) is 0 Å². The van der Waals surface area contributed by atoms with E-state index in [9.17, 15) is 4.79 Å². The molecule has 0 fully saturated rings. The Bertz CT molecular complexity index is 640. The average Bonchev–Trinajstić information content (AvgIpc) is 3.00. The number of rotatable bonds is 5. The van der Waals surface area contributed by atoms with Crippen LogP contribution in [0.1, 0.15) is 30.2 Å². The van der Waals surface area contributed by atoms with Crippen molar-refractivity contribution in [2.75, 3.05) is 11.9 Å². The summed E-state index contributed by atoms with van der Waals surface area (Å²) in [6.07, 6.45) is 5.75. The average molecular weight is 335 g/mol. The third-order valence-electron chi connectivity index (χ3n) is 4.18. The van der Waals surface area contributed by atoms with Crippen LogP contribution in [-0.4, -0.2) is 18.5 Å². The van der Waals surface area contributed by atoms with E-state index in [1.54, 1.807) is 13.2 Å². The molecule has 0 bridgehead atoms. The summed E-state index contributed by atoms with van der Waals surface area (Å²) >= 11 is 0. The van der Waals surface area contributed by atoms with Crippen molar-refractivity contribution in [1.29, 1.82) is 0 Å². The van der Waals surface area contributed by atoms with E-state index < -0.39 is 0 Å². The largest absolute Gasteiger partial charge is 0.469 e. The highest BCUT2D eigenvalue weighted by molar-refractivity contribution is 5.89. The number of nitrogens with one attached hydrogen (secondary N) is 2. The van der Waals surface area contributed by atoms with Crippen molar-refractivity contribution in [3.63, 3.8) is 0 Å². The van der Waals surface area contributed by atoms with Crippen LogP contribution < -0.4 is 10.6 Å². The molecule has 1 amide bonds. The molecule has 0 saturated carbocycles. The molecule has 2 aromatic rings. The van der Waals surface area contributed by atoms with Crippen molar-refractivity contribution in [1.82, 2.24) is 5.32 Å². The third kappa shape index (κ3) is 4.60. The van der Waals surface area contributed by atoms with Gasteiger partial charge < -0.3 is 15.1 Å². The Kier molecular flexibility index (Phi) is 6.25. The Morgan fingerprint density at radius 3 is 2.91 bits per heavy atom. The molecule has 1 unspecified atom stereocenters. The number of furan rings is 1. The van der Waals surface area contributed by atoms with Crippen LogP contribution in [0.5, 0.6) is 0 Å². The van der Waals surface area contributed by atoms with Crippen molar-refractivity contribution in [3.8, 4) is 0 Å². The minimum atomic E-state index is -0.00732. The minimum Gasteiger partial charge on any atom is -0.469 e. The molecule has 1 atom stereocenters. The van der Waals surface area contributed by atoms with Crippen molar-refractivity contribution in [3.05, 3.63) is 53.5 Å². The quantitative estimate of drug-likeness (QED) is 0.881. The van der Waals surface area contributed by atoms with Gasteiger partial charge in [0.15, 0.2) is 0 Å². The number of hydrogen-bond acceptors (Lipinski definition) is 3. The van der Waals surface area contributed by atoms with Gasteiger partial charge in [-0.25, -0.2) is 0 Å². The summed E-state index contributed by atoms with van der Waals surface area (Å²) in [5, 5.41) is 6.55. The van der Waals surface area contributed by atoms with Gasteiger partial charge in [0.05, 0.1) is 6.26 Å². The fourth-order valence-corrected chi connectivity index (χ4v) is 3.14. The van der Waals surface area contributed by atoms with Crippen molar-refractivity contribution in [2.24, 2.45) is 0 Å². The fraction of sp³-hybridized carbons (Fsp3) is 0.389. The van der Waals surface area contributed by atoms with Gasteiger partial charge in [0.1, 0.15) is 5.76 Å². The fourth-order valence-electron chi connectivity index (χ4n) is 3.14. The number of carbonyl (C=O) groups is 1. The van der Waals surface area contributed by atoms with Gasteiger partial charge in [-0.3, -0.25) is 4.79 Å². The molecule has 1 aliphatic rings. The zero-order chi connectivity index (χ0) is 15.4. The number of fused-ring (bicyclic) bond motifs is 1. The topological polar surface area (TPSA) is 54.3 Å². The van der Waals surface area contributed by atoms with Gasteiger partial charge in [-0.05, 0) is 48.6 Å². The van der Waals surface area contributed by atoms with Crippen LogP contribution in [0, 0.1) is 0 Å². The van der Waals surface area contributed by atoms with Gasteiger partial charge in [0.25, 0.3) is 0 Å². The predicted molar refractivity (Wildman–Crippen MR) is 94.2 cm³/mol. The second kappa shape index (κ2) is 8.18. The molecule has 0 saturated heterocycles. The van der Waals surface area contributed by atoms with E-state index in [0.29, 0.717) is 6.04 Å². The lowest BCUT2D eigenvalue weighted by Gasteiger charge is -2.27. The summed E-state index contributed by atoms with van der Waals surface area (Å²) in [5.74, 6) is 1.02. The molecule has 1 heterocycles. The molecule has 1 aromatic heterocycles. The summed E-state index contributed by atoms with van der Waals surface area (Å²) in [5.41, 5.74) is 3.61. The molecule has 0 spiro atoms. The molecule has 1 aliphatic carbocycles. The molecule has 0 radical (unpaired) electrons. The molecule has 0 aliphatic heterocycles. The zero-order valence-electron chi connectivity index (χ0n) is 13.3. The van der Waals surface area contributed by atoms with E-state index in [4.69, 9.17) is 4.42 Å². The van der Waals surface area contributed by atoms with Gasteiger partial charge in [-0.1, -0.05) is 12.1 Å². The lowest BCUT2D eigenvalue weighted by Crippen LogP contribution is -2.36. The lowest BCUT2D eigenvalue weighted by atomic mass is 9.87. The van der Waals surface area contributed by atoms with Crippen molar-refractivity contribution in [2.45, 2.75) is 38.6 Å². The van der Waals surface area contributed by atoms with Gasteiger partial charge in [0, 0.05) is 31.6 Å². The van der Waals surface area contributed by atoms with Crippen LogP contribution in [0.25, 0.3) is 0 Å². The second-order valence-electron chi connectivity index (χ2n) is 5.85. The highest BCUT2D eigenvalue weighted by Crippen LogP contribution is 2.28. The van der Waals surface area contributed by atoms with Crippen LogP contribution >= 0.6 is 12.4 Å². The Hall–Kier alpha value is -1.78. The van der Waals surface area contributed by atoms with E-state index in [0.717, 1.165) is 43.7 Å². The first-order valence-corrected chi connectivity index (χ1v) is 7.86. The molecule has 1 aromatic carbocycles. The maximum atomic E-state index is 11.3. The molecule has 5 heteroatoms. The molecule has 4 nitrogen and oxygen atoms in total. The van der Waals surface area contributed by atoms with E-state index in [1.165, 1.54) is 11.1 Å². The van der Waals surface area contributed by atoms with Crippen molar-refractivity contribution < 1.29 is 9.21 Å². The SMILES string of the molecule is CC(=O)Nc1cccc2c1CCC(NCCc1ccco1)C2.Cl. The van der Waals surface area contributed by atoms with Gasteiger partial charge >= 0.3 is 0 Å². The van der Waals surface area contributed by atoms with Gasteiger partial charge in [-0.15, -0.1) is 12.4 Å². The first-order chi connectivity index (χ1) is 10.7. The minimum absolute atomic E-state index is 0. The Morgan fingerprint density at radius 2 is 2.17 bits per heavy atom. The highest BCUT2D eigenvalue weighted by atomic mass is 35.5. The highest BCUT2D eigenvalue weighted by Gasteiger charge is 2.20. The zero-order valence-corrected chi connectivity index (χ0v) is 14.1. The van der Waals surface area contributed by atoms with Crippen LogP contribution in [0.4, 0.5) is 5.69 Å². The molecule has 124 valence electrons. The number of hydrogen-bond donors (Lipinski definition) is 2. The van der Waals surface area contributed by atoms with Crippen molar-refractivity contribution >= 4 is 24.0 Å². The summed E-state index contributed by atoms with van der Waals surface area (Å²) in [6.45, 7) is 2.49. The smallest absolute Gasteiger partial charge is 0.221 e. The normalized spacial score (nSPS) is 16.3. The number of benzene rings is 1. The molecule has 23 heavy (non-hydrogen) atoms. The summed E-state index contributed by atoms with van der Waals surface area (Å²) in [4.78, 5) is 11.3. The Labute approximate surface area is 143 Å². The maximum Gasteiger partial charge on any atom is 0.221 e. The Balaban J connectivity index is 0.00000192. The Morgan fingerprint density at radius 1 is 1.30 bits per heavy atom. The van der Waals surface area contributed by atoms with E-state index >= 15 is 0 Å². The van der Waals surface area contributed by atoms with Gasteiger partial charge in [0.2, 0.25) is 5.91 Å². The predicted octanol–water partition coefficient (Wildman–Crippen LogP) is 3.35. The van der Waals surface area contributed by atoms with E-state index in [2.05, 4.69) is 16.7 Å². The van der Waals surface area contributed by atoms with E-state index in [1.807, 2.05) is 24.3 Å². The first-order valence-electron chi connectivity index (χ1n) is 7.86. The van der Waals surface area contributed by atoms with Crippen LogP contribution in [0.15, 0.2) is 41.0 Å². The van der Waals surface area contributed by atoms with Crippen LogP contribution in [-0.2, 0) is 24.1 Å². The number of amides is 1. The second-order valence-corrected chi connectivity index (χ2v) is 5.85. The summed E-state index contributed by atoms with van der Waals surface area (Å²) in [6, 6.07) is 10.6. The van der Waals surface area contributed by atoms with Crippen LogP contribution in [0.3, 0.4) is 0 Å². The number of carbonyl (C=O) groups excluding carboxylic acids is 1. The molecular weight excluding hydrogens is 312 g/mol. The first kappa shape index (κ1) is 17.6. The van der Waals surface area contributed by atoms with E-state index in [-0.39, 0.29) is 18.3 Å². The molecule has 3 rings (SSSR count). The third-order valence-corrected chi connectivity index (χ3v) is 4.18. The number of anilines is 1. The van der Waals surface area contributed by atoms with Gasteiger partial charge in [-0.2, -0.15) is 0 Å². The molecular formula is C18H23ClN2O2. The number of halogens is 1. The monoisotopic (exact) mass is 334 g/mol. The molecule has 2 N–H and O–H groups in total. The maximum absolute atomic E-state index is 11.3. The summed E-state index contributed by atoms with van der Waals surface area (Å²) in [7, 11) is 0. The summed E-state index contributed by atoms with van der Waals surface area (Å²) < 4.78 is 5.35. The lowest BCUT2D eigenvalue weighted by molar-refractivity contribution is -0.114.